The van der Waals surface area contributed by atoms with Crippen LogP contribution in [-0.2, 0) is 17.3 Å². The van der Waals surface area contributed by atoms with Crippen molar-refractivity contribution >= 4 is 22.0 Å². The summed E-state index contributed by atoms with van der Waals surface area (Å²) >= 11 is 3.68. The summed E-state index contributed by atoms with van der Waals surface area (Å²) in [4.78, 5) is 0. The van der Waals surface area contributed by atoms with Gasteiger partial charge in [0.05, 0.1) is 7.11 Å². The second-order valence-electron chi connectivity index (χ2n) is 9.25. The molecule has 2 aromatic rings. The number of benzene rings is 2. The van der Waals surface area contributed by atoms with Crippen LogP contribution in [-0.4, -0.2) is 7.11 Å². The van der Waals surface area contributed by atoms with Crippen LogP contribution < -0.4 is 4.74 Å². The molecule has 2 heteroatoms. The summed E-state index contributed by atoms with van der Waals surface area (Å²) in [5, 5.41) is 0. The van der Waals surface area contributed by atoms with Gasteiger partial charge in [0, 0.05) is 22.0 Å². The maximum absolute atomic E-state index is 5.91. The van der Waals surface area contributed by atoms with Gasteiger partial charge in [0.1, 0.15) is 5.75 Å². The lowest BCUT2D eigenvalue weighted by molar-refractivity contribution is 0.381. The van der Waals surface area contributed by atoms with Crippen molar-refractivity contribution in [2.45, 2.75) is 58.8 Å². The van der Waals surface area contributed by atoms with Gasteiger partial charge in [-0.25, -0.2) is 0 Å². The van der Waals surface area contributed by atoms with Gasteiger partial charge in [0.2, 0.25) is 0 Å². The Morgan fingerprint density at radius 3 is 2.00 bits per heavy atom. The Balaban J connectivity index is 2.33. The van der Waals surface area contributed by atoms with Crippen molar-refractivity contribution in [3.8, 4) is 16.9 Å². The number of hydrogen-bond acceptors (Lipinski definition) is 1. The Morgan fingerprint density at radius 1 is 0.923 bits per heavy atom. The van der Waals surface area contributed by atoms with Gasteiger partial charge in [-0.3, -0.25) is 0 Å². The topological polar surface area (TPSA) is 9.23 Å². The van der Waals surface area contributed by atoms with E-state index in [0.29, 0.717) is 0 Å². The van der Waals surface area contributed by atoms with Crippen LogP contribution in [0.15, 0.2) is 34.8 Å². The average molecular weight is 413 g/mol. The second kappa shape index (κ2) is 6.56. The van der Waals surface area contributed by atoms with E-state index < -0.39 is 0 Å². The molecule has 138 valence electrons. The molecular weight excluding hydrogens is 384 g/mol. The van der Waals surface area contributed by atoms with Crippen molar-refractivity contribution in [2.24, 2.45) is 0 Å². The van der Waals surface area contributed by atoms with Gasteiger partial charge >= 0.3 is 0 Å². The van der Waals surface area contributed by atoms with Gasteiger partial charge in [-0.1, -0.05) is 75.7 Å². The quantitative estimate of drug-likeness (QED) is 0.504. The first-order valence-electron chi connectivity index (χ1n) is 9.23. The zero-order valence-corrected chi connectivity index (χ0v) is 18.5. The maximum Gasteiger partial charge on any atom is 0.126 e. The summed E-state index contributed by atoms with van der Waals surface area (Å²) in [6.45, 7) is 13.5. The van der Waals surface area contributed by atoms with E-state index in [-0.39, 0.29) is 10.8 Å². The minimum Gasteiger partial charge on any atom is -0.496 e. The molecular formula is C24H29BrO. The predicted molar refractivity (Wildman–Crippen MR) is 116 cm³/mol. The summed E-state index contributed by atoms with van der Waals surface area (Å²) in [5.74, 6) is 1.03. The summed E-state index contributed by atoms with van der Waals surface area (Å²) in [6, 6.07) is 11.3. The molecule has 0 saturated carbocycles. The van der Waals surface area contributed by atoms with Crippen molar-refractivity contribution in [1.82, 2.24) is 0 Å². The second-order valence-corrected chi connectivity index (χ2v) is 10.3. The van der Waals surface area contributed by atoms with Crippen LogP contribution in [0, 0.1) is 0 Å². The van der Waals surface area contributed by atoms with Crippen LogP contribution in [0.5, 0.6) is 5.75 Å². The van der Waals surface area contributed by atoms with Crippen LogP contribution in [0.1, 0.15) is 63.8 Å². The third kappa shape index (κ3) is 3.49. The smallest absolute Gasteiger partial charge is 0.126 e. The Labute approximate surface area is 166 Å². The number of rotatable bonds is 2. The maximum atomic E-state index is 5.91. The van der Waals surface area contributed by atoms with Crippen molar-refractivity contribution in [2.75, 3.05) is 7.11 Å². The zero-order valence-electron chi connectivity index (χ0n) is 17.0. The fraction of sp³-hybridized carbons (Fsp3) is 0.417. The summed E-state index contributed by atoms with van der Waals surface area (Å²) < 4.78 is 7.16. The number of allylic oxidation sites excluding steroid dienone is 1. The molecule has 0 N–H and O–H groups in total. The number of fused-ring (bicyclic) bond motifs is 1. The number of hydrogen-bond donors (Lipinski definition) is 0. The Hall–Kier alpha value is -1.54. The van der Waals surface area contributed by atoms with E-state index in [1.54, 1.807) is 7.11 Å². The average Bonchev–Trinajstić information content (AvgIpc) is 2.91. The van der Waals surface area contributed by atoms with E-state index >= 15 is 0 Å². The third-order valence-corrected chi connectivity index (χ3v) is 5.59. The van der Waals surface area contributed by atoms with Crippen molar-refractivity contribution in [3.05, 3.63) is 57.1 Å². The van der Waals surface area contributed by atoms with Crippen LogP contribution >= 0.6 is 15.9 Å². The summed E-state index contributed by atoms with van der Waals surface area (Å²) in [5.41, 5.74) is 7.85. The first kappa shape index (κ1) is 19.2. The summed E-state index contributed by atoms with van der Waals surface area (Å²) in [7, 11) is 1.79. The molecule has 0 aromatic heterocycles. The van der Waals surface area contributed by atoms with Crippen molar-refractivity contribution in [3.63, 3.8) is 0 Å². The Bertz CT molecular complexity index is 841. The highest BCUT2D eigenvalue weighted by atomic mass is 79.9. The molecule has 0 amide bonds. The molecule has 0 spiro atoms. The Kier molecular flexibility index (Phi) is 4.85. The fourth-order valence-electron chi connectivity index (χ4n) is 3.70. The van der Waals surface area contributed by atoms with Crippen LogP contribution in [0.25, 0.3) is 17.2 Å². The molecule has 0 radical (unpaired) electrons. The van der Waals surface area contributed by atoms with Crippen molar-refractivity contribution in [1.29, 1.82) is 0 Å². The third-order valence-electron chi connectivity index (χ3n) is 5.08. The minimum atomic E-state index is 0.00965. The predicted octanol–water partition coefficient (Wildman–Crippen LogP) is 7.25. The lowest BCUT2D eigenvalue weighted by atomic mass is 9.77. The molecule has 3 rings (SSSR count). The highest BCUT2D eigenvalue weighted by Gasteiger charge is 2.28. The molecule has 0 fully saturated rings. The lowest BCUT2D eigenvalue weighted by Crippen LogP contribution is -2.19. The van der Waals surface area contributed by atoms with E-state index in [9.17, 15) is 0 Å². The van der Waals surface area contributed by atoms with Gasteiger partial charge in [-0.2, -0.15) is 0 Å². The largest absolute Gasteiger partial charge is 0.496 e. The van der Waals surface area contributed by atoms with E-state index in [1.165, 1.54) is 37.9 Å². The van der Waals surface area contributed by atoms with E-state index in [1.807, 2.05) is 0 Å². The minimum absolute atomic E-state index is 0.00965. The van der Waals surface area contributed by atoms with Gasteiger partial charge in [-0.15, -0.1) is 0 Å². The zero-order chi connectivity index (χ0) is 19.3. The molecule has 0 heterocycles. The number of methoxy groups -OCH3 is 1. The van der Waals surface area contributed by atoms with E-state index in [2.05, 4.69) is 93.9 Å². The molecule has 0 bridgehead atoms. The van der Waals surface area contributed by atoms with Crippen LogP contribution in [0.2, 0.25) is 0 Å². The monoisotopic (exact) mass is 412 g/mol. The molecule has 0 aliphatic heterocycles. The SMILES string of the molecule is COc1c(C(C)(C)C)cc(-c2cccc3c2C=C(Br)C3)cc1C(C)(C)C. The van der Waals surface area contributed by atoms with Gasteiger partial charge < -0.3 is 4.74 Å². The normalized spacial score (nSPS) is 14.2. The first-order valence-corrected chi connectivity index (χ1v) is 10.0. The highest BCUT2D eigenvalue weighted by molar-refractivity contribution is 9.11. The molecule has 2 aromatic carbocycles. The lowest BCUT2D eigenvalue weighted by Gasteiger charge is -2.30. The first-order chi connectivity index (χ1) is 12.0. The molecule has 0 saturated heterocycles. The van der Waals surface area contributed by atoms with Gasteiger partial charge in [0.25, 0.3) is 0 Å². The van der Waals surface area contributed by atoms with Gasteiger partial charge in [0.15, 0.2) is 0 Å². The molecule has 0 atom stereocenters. The van der Waals surface area contributed by atoms with Crippen molar-refractivity contribution < 1.29 is 4.74 Å². The van der Waals surface area contributed by atoms with Gasteiger partial charge in [-0.05, 0) is 51.3 Å². The molecule has 0 unspecified atom stereocenters. The number of ether oxygens (including phenoxy) is 1. The fourth-order valence-corrected chi connectivity index (χ4v) is 4.23. The molecule has 1 aliphatic carbocycles. The van der Waals surface area contributed by atoms with Crippen LogP contribution in [0.4, 0.5) is 0 Å². The highest BCUT2D eigenvalue weighted by Crippen LogP contribution is 2.44. The standard InChI is InChI=1S/C24H29BrO/c1-23(2,3)20-12-16(13-21(22(20)26-7)24(4,5)6)18-10-8-9-15-11-17(25)14-19(15)18/h8-10,12-14H,11H2,1-7H3. The molecule has 1 aliphatic rings. The number of halogens is 1. The summed E-state index contributed by atoms with van der Waals surface area (Å²) in [6.07, 6.45) is 3.25. The Morgan fingerprint density at radius 2 is 1.50 bits per heavy atom. The van der Waals surface area contributed by atoms with Crippen LogP contribution in [0.3, 0.4) is 0 Å². The molecule has 26 heavy (non-hydrogen) atoms. The van der Waals surface area contributed by atoms with E-state index in [4.69, 9.17) is 4.74 Å². The molecule has 1 nitrogen and oxygen atoms in total. The van der Waals surface area contributed by atoms with E-state index in [0.717, 1.165) is 12.2 Å².